The van der Waals surface area contributed by atoms with Gasteiger partial charge in [-0.25, -0.2) is 0 Å². The first-order valence-corrected chi connectivity index (χ1v) is 10.1. The summed E-state index contributed by atoms with van der Waals surface area (Å²) in [6.07, 6.45) is 1.10. The second kappa shape index (κ2) is 4.74. The molecule has 0 aromatic heterocycles. The minimum absolute atomic E-state index is 0.145. The van der Waals surface area contributed by atoms with Crippen LogP contribution in [-0.2, 0) is 8.67 Å². The molecule has 0 N–H and O–H groups in total. The first-order chi connectivity index (χ1) is 9.79. The van der Waals surface area contributed by atoms with Gasteiger partial charge in [0.15, 0.2) is 0 Å². The molecule has 0 amide bonds. The number of benzene rings is 2. The van der Waals surface area contributed by atoms with Crippen molar-refractivity contribution in [2.45, 2.75) is 22.9 Å². The van der Waals surface area contributed by atoms with Crippen LogP contribution in [-0.4, -0.2) is 10.5 Å². The van der Waals surface area contributed by atoms with Crippen LogP contribution in [0.1, 0.15) is 18.9 Å². The van der Waals surface area contributed by atoms with Gasteiger partial charge in [0.05, 0.1) is 0 Å². The summed E-state index contributed by atoms with van der Waals surface area (Å²) in [7, 11) is 0. The third kappa shape index (κ3) is 1.79. The summed E-state index contributed by atoms with van der Waals surface area (Å²) in [5.74, 6) is 1.00. The fourth-order valence-electron chi connectivity index (χ4n) is 3.02. The predicted octanol–water partition coefficient (Wildman–Crippen LogP) is 4.37. The van der Waals surface area contributed by atoms with Gasteiger partial charge >= 0.3 is 127 Å². The summed E-state index contributed by atoms with van der Waals surface area (Å²) in [5.41, 5.74) is 1.08. The summed E-state index contributed by atoms with van der Waals surface area (Å²) in [4.78, 5) is 0. The van der Waals surface area contributed by atoms with E-state index in [0.717, 1.165) is 18.8 Å². The van der Waals surface area contributed by atoms with E-state index in [-0.39, 0.29) is 5.60 Å². The Morgan fingerprint density at radius 1 is 1.05 bits per heavy atom. The van der Waals surface area contributed by atoms with Gasteiger partial charge in [-0.05, 0) is 0 Å². The predicted molar refractivity (Wildman–Crippen MR) is 87.9 cm³/mol. The molecule has 0 saturated carbocycles. The van der Waals surface area contributed by atoms with Crippen LogP contribution in [0.5, 0.6) is 5.75 Å². The number of halogens is 1. The SMILES string of the molecule is CC12OI(c3ccccc3)C1CCOc1ccccc12. The molecule has 2 aliphatic rings. The number of ether oxygens (including phenoxy) is 1. The summed E-state index contributed by atoms with van der Waals surface area (Å²) < 4.78 is 14.5. The van der Waals surface area contributed by atoms with Gasteiger partial charge in [0, 0.05) is 0 Å². The van der Waals surface area contributed by atoms with Crippen LogP contribution >= 0.6 is 20.2 Å². The molecule has 0 radical (unpaired) electrons. The van der Waals surface area contributed by atoms with Crippen LogP contribution in [0, 0.1) is 3.57 Å². The first-order valence-electron chi connectivity index (χ1n) is 6.94. The Hall–Kier alpha value is -1.07. The molecule has 3 heteroatoms. The van der Waals surface area contributed by atoms with Gasteiger partial charge in [0.1, 0.15) is 0 Å². The Kier molecular flexibility index (Phi) is 3.00. The van der Waals surface area contributed by atoms with Gasteiger partial charge in [-0.15, -0.1) is 0 Å². The second-order valence-electron chi connectivity index (χ2n) is 5.36. The van der Waals surface area contributed by atoms with E-state index in [1.54, 1.807) is 0 Å². The third-order valence-electron chi connectivity index (χ3n) is 4.08. The van der Waals surface area contributed by atoms with Crippen molar-refractivity contribution in [3.8, 4) is 5.75 Å². The molecule has 4 rings (SSSR count). The van der Waals surface area contributed by atoms with Gasteiger partial charge in [-0.3, -0.25) is 0 Å². The van der Waals surface area contributed by atoms with Gasteiger partial charge in [0.25, 0.3) is 0 Å². The first kappa shape index (κ1) is 12.7. The van der Waals surface area contributed by atoms with Gasteiger partial charge in [-0.2, -0.15) is 0 Å². The van der Waals surface area contributed by atoms with Crippen molar-refractivity contribution in [1.82, 2.24) is 0 Å². The van der Waals surface area contributed by atoms with Gasteiger partial charge in [-0.1, -0.05) is 0 Å². The summed E-state index contributed by atoms with van der Waals surface area (Å²) in [6.45, 7) is 3.05. The van der Waals surface area contributed by atoms with E-state index in [1.807, 2.05) is 6.07 Å². The molecule has 2 aliphatic heterocycles. The maximum absolute atomic E-state index is 6.50. The molecular formula is C17H17IO2. The fraction of sp³-hybridized carbons (Fsp3) is 0.294. The average Bonchev–Trinajstić information content (AvgIpc) is 2.59. The Morgan fingerprint density at radius 2 is 1.80 bits per heavy atom. The van der Waals surface area contributed by atoms with Crippen molar-refractivity contribution in [3.05, 3.63) is 63.7 Å². The van der Waals surface area contributed by atoms with E-state index in [9.17, 15) is 0 Å². The average molecular weight is 380 g/mol. The quantitative estimate of drug-likeness (QED) is 0.540. The minimum atomic E-state index is -1.53. The van der Waals surface area contributed by atoms with Crippen molar-refractivity contribution in [2.24, 2.45) is 0 Å². The standard InChI is InChI=1S/C17H17IO2/c1-17-14-9-5-6-10-15(14)19-12-11-16(17)18(20-17)13-7-3-2-4-8-13/h2-10,16H,11-12H2,1H3. The van der Waals surface area contributed by atoms with Crippen LogP contribution < -0.4 is 4.74 Å². The van der Waals surface area contributed by atoms with E-state index in [0.29, 0.717) is 3.92 Å². The molecule has 0 spiro atoms. The third-order valence-corrected chi connectivity index (χ3v) is 10.6. The van der Waals surface area contributed by atoms with Crippen LogP contribution in [0.25, 0.3) is 0 Å². The second-order valence-corrected chi connectivity index (χ2v) is 10.1. The van der Waals surface area contributed by atoms with Crippen LogP contribution in [0.4, 0.5) is 0 Å². The number of fused-ring (bicyclic) bond motifs is 3. The topological polar surface area (TPSA) is 18.5 Å². The molecule has 2 aromatic rings. The molecule has 20 heavy (non-hydrogen) atoms. The molecule has 1 fully saturated rings. The van der Waals surface area contributed by atoms with Crippen LogP contribution in [0.2, 0.25) is 0 Å². The Bertz CT molecular complexity index is 628. The zero-order chi connectivity index (χ0) is 13.6. The maximum atomic E-state index is 6.50. The van der Waals surface area contributed by atoms with E-state index < -0.39 is 20.2 Å². The number of para-hydroxylation sites is 1. The van der Waals surface area contributed by atoms with E-state index in [2.05, 4.69) is 55.5 Å². The molecule has 0 aliphatic carbocycles. The normalized spacial score (nSPS) is 29.4. The number of hydrogen-bond donors (Lipinski definition) is 0. The molecule has 2 nitrogen and oxygen atoms in total. The van der Waals surface area contributed by atoms with Crippen LogP contribution in [0.15, 0.2) is 54.6 Å². The summed E-state index contributed by atoms with van der Waals surface area (Å²) in [5, 5.41) is 0. The van der Waals surface area contributed by atoms with Crippen LogP contribution in [0.3, 0.4) is 0 Å². The molecule has 1 saturated heterocycles. The van der Waals surface area contributed by atoms with Gasteiger partial charge < -0.3 is 0 Å². The number of hydrogen-bond acceptors (Lipinski definition) is 2. The molecule has 2 aromatic carbocycles. The van der Waals surface area contributed by atoms with Crippen molar-refractivity contribution >= 4 is 20.2 Å². The Balaban J connectivity index is 1.72. The summed E-state index contributed by atoms with van der Waals surface area (Å²) >= 11 is -1.53. The molecule has 2 heterocycles. The number of alkyl halides is 1. The molecule has 0 bridgehead atoms. The van der Waals surface area contributed by atoms with Gasteiger partial charge in [0.2, 0.25) is 0 Å². The van der Waals surface area contributed by atoms with E-state index in [4.69, 9.17) is 7.80 Å². The van der Waals surface area contributed by atoms with Crippen molar-refractivity contribution in [1.29, 1.82) is 0 Å². The van der Waals surface area contributed by atoms with Crippen molar-refractivity contribution in [2.75, 3.05) is 6.61 Å². The Morgan fingerprint density at radius 3 is 2.65 bits per heavy atom. The molecule has 2 atom stereocenters. The molecule has 104 valence electrons. The monoisotopic (exact) mass is 380 g/mol. The van der Waals surface area contributed by atoms with Crippen molar-refractivity contribution < 1.29 is 7.80 Å². The summed E-state index contributed by atoms with van der Waals surface area (Å²) in [6, 6.07) is 19.1. The van der Waals surface area contributed by atoms with Crippen molar-refractivity contribution in [3.63, 3.8) is 0 Å². The number of rotatable bonds is 1. The molecule has 2 unspecified atom stereocenters. The zero-order valence-electron chi connectivity index (χ0n) is 11.4. The fourth-order valence-corrected chi connectivity index (χ4v) is 9.09. The Labute approximate surface area is 127 Å². The van der Waals surface area contributed by atoms with E-state index >= 15 is 0 Å². The zero-order valence-corrected chi connectivity index (χ0v) is 13.5. The molecular weight excluding hydrogens is 363 g/mol. The van der Waals surface area contributed by atoms with E-state index in [1.165, 1.54) is 9.13 Å².